The molecular weight excluding hydrogens is 304 g/mol. The van der Waals surface area contributed by atoms with E-state index in [1.807, 2.05) is 11.8 Å². The van der Waals surface area contributed by atoms with Gasteiger partial charge in [0.2, 0.25) is 5.56 Å². The number of nitrogens with zero attached hydrogens (tertiary/aromatic N) is 1. The average molecular weight is 326 g/mol. The van der Waals surface area contributed by atoms with Crippen molar-refractivity contribution in [2.24, 2.45) is 0 Å². The van der Waals surface area contributed by atoms with Crippen LogP contribution in [0.5, 0.6) is 5.75 Å². The van der Waals surface area contributed by atoms with E-state index in [1.54, 1.807) is 6.07 Å². The van der Waals surface area contributed by atoms with E-state index in [9.17, 15) is 9.59 Å². The van der Waals surface area contributed by atoms with Gasteiger partial charge in [0.05, 0.1) is 5.56 Å². The van der Waals surface area contributed by atoms with E-state index in [4.69, 9.17) is 4.74 Å². The molecule has 126 valence electrons. The fourth-order valence-electron chi connectivity index (χ4n) is 2.92. The lowest BCUT2D eigenvalue weighted by atomic mass is 10.1. The molecule has 0 unspecified atom stereocenters. The van der Waals surface area contributed by atoms with Gasteiger partial charge in [-0.3, -0.25) is 9.59 Å². The Morgan fingerprint density at radius 1 is 1.17 bits per heavy atom. The van der Waals surface area contributed by atoms with Gasteiger partial charge in [0.25, 0.3) is 5.91 Å². The number of carbonyl (C=O) groups is 1. The number of aryl methyl sites for hydroxylation is 2. The highest BCUT2D eigenvalue weighted by Crippen LogP contribution is 2.24. The highest BCUT2D eigenvalue weighted by Gasteiger charge is 2.25. The number of aromatic nitrogens is 1. The third-order valence-electron chi connectivity index (χ3n) is 4.40. The number of piperidine rings is 1. The molecule has 1 amide bonds. The van der Waals surface area contributed by atoms with Crippen molar-refractivity contribution < 1.29 is 9.53 Å². The molecule has 1 aliphatic rings. The predicted molar refractivity (Wildman–Crippen MR) is 92.5 cm³/mol. The second-order valence-electron chi connectivity index (χ2n) is 6.32. The number of amides is 1. The molecule has 1 fully saturated rings. The van der Waals surface area contributed by atoms with Gasteiger partial charge in [-0.05, 0) is 37.1 Å². The van der Waals surface area contributed by atoms with E-state index < -0.39 is 0 Å². The molecule has 0 aliphatic carbocycles. The van der Waals surface area contributed by atoms with Crippen LogP contribution in [0, 0.1) is 13.8 Å². The second-order valence-corrected chi connectivity index (χ2v) is 6.32. The molecule has 0 spiro atoms. The Balaban J connectivity index is 1.59. The largest absolute Gasteiger partial charge is 0.490 e. The van der Waals surface area contributed by atoms with Crippen molar-refractivity contribution >= 4 is 5.91 Å². The summed E-state index contributed by atoms with van der Waals surface area (Å²) in [6.45, 7) is 5.42. The number of nitrogens with one attached hydrogen (secondary N) is 1. The zero-order valence-corrected chi connectivity index (χ0v) is 14.0. The molecule has 1 aliphatic heterocycles. The first-order valence-electron chi connectivity index (χ1n) is 8.25. The topological polar surface area (TPSA) is 62.4 Å². The third kappa shape index (κ3) is 3.67. The number of hydrogen-bond acceptors (Lipinski definition) is 3. The minimum Gasteiger partial charge on any atom is -0.490 e. The first-order valence-corrected chi connectivity index (χ1v) is 8.25. The third-order valence-corrected chi connectivity index (χ3v) is 4.40. The predicted octanol–water partition coefficient (Wildman–Crippen LogP) is 2.68. The summed E-state index contributed by atoms with van der Waals surface area (Å²) < 4.78 is 6.13. The highest BCUT2D eigenvalue weighted by atomic mass is 16.5. The van der Waals surface area contributed by atoms with Crippen molar-refractivity contribution in [1.82, 2.24) is 9.88 Å². The zero-order valence-electron chi connectivity index (χ0n) is 14.0. The smallest absolute Gasteiger partial charge is 0.255 e. The van der Waals surface area contributed by atoms with E-state index in [1.165, 1.54) is 17.8 Å². The van der Waals surface area contributed by atoms with Crippen LogP contribution in [0.1, 0.15) is 34.3 Å². The van der Waals surface area contributed by atoms with Crippen molar-refractivity contribution in [2.45, 2.75) is 32.8 Å². The summed E-state index contributed by atoms with van der Waals surface area (Å²) in [5.74, 6) is 0.886. The van der Waals surface area contributed by atoms with E-state index >= 15 is 0 Å². The van der Waals surface area contributed by atoms with Gasteiger partial charge < -0.3 is 14.6 Å². The molecule has 1 N–H and O–H groups in total. The van der Waals surface area contributed by atoms with E-state index in [0.717, 1.165) is 24.2 Å². The van der Waals surface area contributed by atoms with E-state index in [-0.39, 0.29) is 17.6 Å². The zero-order chi connectivity index (χ0) is 17.1. The van der Waals surface area contributed by atoms with Crippen LogP contribution in [0.4, 0.5) is 0 Å². The van der Waals surface area contributed by atoms with Gasteiger partial charge in [-0.25, -0.2) is 0 Å². The SMILES string of the molecule is Cc1ccc(C)c(OC2CCN(C(=O)c3ccc(=O)[nH]c3)CC2)c1. The summed E-state index contributed by atoms with van der Waals surface area (Å²) in [6, 6.07) is 9.16. The maximum atomic E-state index is 12.4. The number of carbonyl (C=O) groups excluding carboxylic acids is 1. The Labute approximate surface area is 141 Å². The van der Waals surface area contributed by atoms with Crippen LogP contribution in [0.15, 0.2) is 41.3 Å². The van der Waals surface area contributed by atoms with Crippen LogP contribution in [-0.2, 0) is 0 Å². The molecule has 0 bridgehead atoms. The molecule has 2 aromatic rings. The summed E-state index contributed by atoms with van der Waals surface area (Å²) in [5, 5.41) is 0. The van der Waals surface area contributed by atoms with Gasteiger partial charge in [0.1, 0.15) is 11.9 Å². The quantitative estimate of drug-likeness (QED) is 0.943. The number of rotatable bonds is 3. The van der Waals surface area contributed by atoms with Crippen LogP contribution in [0.3, 0.4) is 0 Å². The highest BCUT2D eigenvalue weighted by molar-refractivity contribution is 5.93. The van der Waals surface area contributed by atoms with Crippen LogP contribution >= 0.6 is 0 Å². The standard InChI is InChI=1S/C19H22N2O3/c1-13-3-4-14(2)17(11-13)24-16-7-9-21(10-8-16)19(23)15-5-6-18(22)20-12-15/h3-6,11-12,16H,7-10H2,1-2H3,(H,20,22). The number of H-pyrrole nitrogens is 1. The van der Waals surface area contributed by atoms with Gasteiger partial charge >= 0.3 is 0 Å². The number of pyridine rings is 1. The van der Waals surface area contributed by atoms with Crippen molar-refractivity contribution in [3.8, 4) is 5.75 Å². The van der Waals surface area contributed by atoms with Gasteiger partial charge in [-0.2, -0.15) is 0 Å². The Hall–Kier alpha value is -2.56. The van der Waals surface area contributed by atoms with Crippen LogP contribution in [0.2, 0.25) is 0 Å². The Bertz CT molecular complexity index is 769. The van der Waals surface area contributed by atoms with E-state index in [0.29, 0.717) is 18.7 Å². The number of benzene rings is 1. The molecule has 24 heavy (non-hydrogen) atoms. The van der Waals surface area contributed by atoms with Gasteiger partial charge in [0.15, 0.2) is 0 Å². The maximum Gasteiger partial charge on any atom is 0.255 e. The fourth-order valence-corrected chi connectivity index (χ4v) is 2.92. The molecule has 1 saturated heterocycles. The molecule has 5 heteroatoms. The van der Waals surface area contributed by atoms with Crippen molar-refractivity contribution in [2.75, 3.05) is 13.1 Å². The molecule has 0 radical (unpaired) electrons. The minimum absolute atomic E-state index is 0.0450. The van der Waals surface area contributed by atoms with Crippen molar-refractivity contribution in [3.05, 3.63) is 63.6 Å². The lowest BCUT2D eigenvalue weighted by molar-refractivity contribution is 0.0594. The monoisotopic (exact) mass is 326 g/mol. The summed E-state index contributed by atoms with van der Waals surface area (Å²) >= 11 is 0. The molecule has 1 aromatic carbocycles. The summed E-state index contributed by atoms with van der Waals surface area (Å²) in [4.78, 5) is 27.9. The van der Waals surface area contributed by atoms with Gasteiger partial charge in [0, 0.05) is 38.2 Å². The summed E-state index contributed by atoms with van der Waals surface area (Å²) in [5.41, 5.74) is 2.63. The Morgan fingerprint density at radius 2 is 1.92 bits per heavy atom. The normalized spacial score (nSPS) is 15.3. The van der Waals surface area contributed by atoms with Crippen molar-refractivity contribution in [3.63, 3.8) is 0 Å². The number of hydrogen-bond donors (Lipinski definition) is 1. The minimum atomic E-state index is -0.202. The molecule has 3 rings (SSSR count). The number of aromatic amines is 1. The first-order chi connectivity index (χ1) is 11.5. The Kier molecular flexibility index (Phi) is 4.69. The van der Waals surface area contributed by atoms with Gasteiger partial charge in [-0.15, -0.1) is 0 Å². The average Bonchev–Trinajstić information content (AvgIpc) is 2.59. The number of likely N-dealkylation sites (tertiary alicyclic amines) is 1. The molecular formula is C19H22N2O3. The van der Waals surface area contributed by atoms with Crippen molar-refractivity contribution in [1.29, 1.82) is 0 Å². The van der Waals surface area contributed by atoms with Gasteiger partial charge in [-0.1, -0.05) is 12.1 Å². The second kappa shape index (κ2) is 6.91. The van der Waals surface area contributed by atoms with Crippen LogP contribution in [-0.4, -0.2) is 35.0 Å². The number of ether oxygens (including phenoxy) is 1. The lowest BCUT2D eigenvalue weighted by Crippen LogP contribution is -2.42. The fraction of sp³-hybridized carbons (Fsp3) is 0.368. The molecule has 5 nitrogen and oxygen atoms in total. The maximum absolute atomic E-state index is 12.4. The molecule has 0 atom stereocenters. The molecule has 2 heterocycles. The van der Waals surface area contributed by atoms with Crippen LogP contribution in [0.25, 0.3) is 0 Å². The summed E-state index contributed by atoms with van der Waals surface area (Å²) in [6.07, 6.45) is 3.22. The molecule has 0 saturated carbocycles. The van der Waals surface area contributed by atoms with E-state index in [2.05, 4.69) is 30.1 Å². The Morgan fingerprint density at radius 3 is 2.58 bits per heavy atom. The van der Waals surface area contributed by atoms with Crippen LogP contribution < -0.4 is 10.3 Å². The first kappa shape index (κ1) is 16.3. The lowest BCUT2D eigenvalue weighted by Gasteiger charge is -2.32. The molecule has 1 aromatic heterocycles. The summed E-state index contributed by atoms with van der Waals surface area (Å²) in [7, 11) is 0.